The number of halogens is 1. The Morgan fingerprint density at radius 1 is 1.36 bits per heavy atom. The molecule has 4 nitrogen and oxygen atoms in total. The van der Waals surface area contributed by atoms with Gasteiger partial charge in [0, 0.05) is 25.0 Å². The molecule has 0 aliphatic carbocycles. The Balaban J connectivity index is 0.00000312. The van der Waals surface area contributed by atoms with E-state index in [-0.39, 0.29) is 24.0 Å². The Kier molecular flexibility index (Phi) is 11.7. The maximum Gasteiger partial charge on any atom is 0.190 e. The van der Waals surface area contributed by atoms with Gasteiger partial charge in [-0.05, 0) is 68.6 Å². The number of hydrogen-bond donors (Lipinski definition) is 2. The molecule has 1 aromatic rings. The van der Waals surface area contributed by atoms with Gasteiger partial charge in [-0.2, -0.15) is 0 Å². The van der Waals surface area contributed by atoms with Crippen LogP contribution in [0, 0.1) is 11.8 Å². The van der Waals surface area contributed by atoms with Crippen LogP contribution in [0.4, 0.5) is 0 Å². The summed E-state index contributed by atoms with van der Waals surface area (Å²) in [7, 11) is 1.86. The summed E-state index contributed by atoms with van der Waals surface area (Å²) < 4.78 is 0. The standard InChI is InChI=1S/C19H34N4S.HI/c1-4-23-11-8-17(9-12-23)7-10-21-19(20-3)22-15-16(2)14-18-6-5-13-24-18;/h5-6,13,16-17H,4,7-12,14-15H2,1-3H3,(H2,20,21,22);1H. The molecule has 2 rings (SSSR count). The molecule has 2 heterocycles. The predicted octanol–water partition coefficient (Wildman–Crippen LogP) is 3.83. The van der Waals surface area contributed by atoms with Crippen molar-refractivity contribution in [2.24, 2.45) is 16.8 Å². The molecule has 1 atom stereocenters. The Morgan fingerprint density at radius 2 is 2.12 bits per heavy atom. The molecule has 1 aliphatic rings. The highest BCUT2D eigenvalue weighted by Gasteiger charge is 2.17. The maximum atomic E-state index is 4.35. The lowest BCUT2D eigenvalue weighted by Crippen LogP contribution is -2.41. The number of thiophene rings is 1. The molecule has 0 spiro atoms. The first-order chi connectivity index (χ1) is 11.7. The Hall–Kier alpha value is -0.340. The van der Waals surface area contributed by atoms with Crippen molar-refractivity contribution in [2.45, 2.75) is 39.5 Å². The maximum absolute atomic E-state index is 4.35. The van der Waals surface area contributed by atoms with Crippen molar-refractivity contribution in [2.75, 3.05) is 39.8 Å². The summed E-state index contributed by atoms with van der Waals surface area (Å²) >= 11 is 1.85. The van der Waals surface area contributed by atoms with Gasteiger partial charge in [0.05, 0.1) is 0 Å². The molecule has 0 saturated carbocycles. The normalized spacial score (nSPS) is 17.8. The Labute approximate surface area is 174 Å². The fourth-order valence-corrected chi connectivity index (χ4v) is 4.19. The SMILES string of the molecule is CCN1CCC(CCNC(=NC)NCC(C)Cc2cccs2)CC1.I. The third-order valence-electron chi connectivity index (χ3n) is 4.97. The molecule has 1 aliphatic heterocycles. The van der Waals surface area contributed by atoms with Crippen LogP contribution in [0.5, 0.6) is 0 Å². The number of likely N-dealkylation sites (tertiary alicyclic amines) is 1. The van der Waals surface area contributed by atoms with Crippen LogP contribution in [-0.4, -0.2) is 50.6 Å². The number of nitrogens with zero attached hydrogens (tertiary/aromatic N) is 2. The first-order valence-corrected chi connectivity index (χ1v) is 10.3. The first-order valence-electron chi connectivity index (χ1n) is 9.40. The van der Waals surface area contributed by atoms with Crippen LogP contribution >= 0.6 is 35.3 Å². The second-order valence-corrected chi connectivity index (χ2v) is 7.97. The molecule has 0 radical (unpaired) electrons. The van der Waals surface area contributed by atoms with E-state index in [0.717, 1.165) is 31.4 Å². The van der Waals surface area contributed by atoms with E-state index in [0.29, 0.717) is 5.92 Å². The Morgan fingerprint density at radius 3 is 2.72 bits per heavy atom. The van der Waals surface area contributed by atoms with Gasteiger partial charge in [0.1, 0.15) is 0 Å². The average molecular weight is 478 g/mol. The van der Waals surface area contributed by atoms with E-state index in [4.69, 9.17) is 0 Å². The van der Waals surface area contributed by atoms with E-state index in [1.165, 1.54) is 43.8 Å². The second-order valence-electron chi connectivity index (χ2n) is 6.93. The number of piperidine rings is 1. The molecule has 144 valence electrons. The smallest absolute Gasteiger partial charge is 0.190 e. The molecule has 2 N–H and O–H groups in total. The highest BCUT2D eigenvalue weighted by molar-refractivity contribution is 14.0. The van der Waals surface area contributed by atoms with Crippen molar-refractivity contribution in [1.29, 1.82) is 0 Å². The van der Waals surface area contributed by atoms with Gasteiger partial charge in [-0.15, -0.1) is 35.3 Å². The van der Waals surface area contributed by atoms with Crippen molar-refractivity contribution in [3.8, 4) is 0 Å². The molecule has 1 unspecified atom stereocenters. The first kappa shape index (κ1) is 22.7. The summed E-state index contributed by atoms with van der Waals surface area (Å²) in [6.07, 6.45) is 5.08. The van der Waals surface area contributed by atoms with Crippen LogP contribution in [-0.2, 0) is 6.42 Å². The summed E-state index contributed by atoms with van der Waals surface area (Å²) in [6, 6.07) is 4.35. The van der Waals surface area contributed by atoms with Crippen LogP contribution in [0.25, 0.3) is 0 Å². The number of nitrogens with one attached hydrogen (secondary N) is 2. The fraction of sp³-hybridized carbons (Fsp3) is 0.737. The zero-order valence-electron chi connectivity index (χ0n) is 16.0. The quantitative estimate of drug-likeness (QED) is 0.339. The van der Waals surface area contributed by atoms with E-state index < -0.39 is 0 Å². The molecule has 1 fully saturated rings. The van der Waals surface area contributed by atoms with Gasteiger partial charge in [-0.1, -0.05) is 19.9 Å². The van der Waals surface area contributed by atoms with E-state index in [1.807, 2.05) is 18.4 Å². The number of hydrogen-bond acceptors (Lipinski definition) is 3. The summed E-state index contributed by atoms with van der Waals surface area (Å²) in [5, 5.41) is 9.11. The minimum absolute atomic E-state index is 0. The molecule has 0 amide bonds. The van der Waals surface area contributed by atoms with Crippen LogP contribution in [0.2, 0.25) is 0 Å². The molecule has 0 aromatic carbocycles. The van der Waals surface area contributed by atoms with E-state index in [9.17, 15) is 0 Å². The summed E-state index contributed by atoms with van der Waals surface area (Å²) in [4.78, 5) is 8.37. The van der Waals surface area contributed by atoms with Crippen LogP contribution in [0.3, 0.4) is 0 Å². The van der Waals surface area contributed by atoms with Crippen molar-refractivity contribution >= 4 is 41.3 Å². The van der Waals surface area contributed by atoms with Gasteiger partial charge in [0.15, 0.2) is 5.96 Å². The molecular formula is C19H35IN4S. The van der Waals surface area contributed by atoms with Gasteiger partial charge in [0.2, 0.25) is 0 Å². The lowest BCUT2D eigenvalue weighted by atomic mass is 9.93. The lowest BCUT2D eigenvalue weighted by Gasteiger charge is -2.31. The molecule has 1 aromatic heterocycles. The molecule has 25 heavy (non-hydrogen) atoms. The van der Waals surface area contributed by atoms with Gasteiger partial charge in [-0.25, -0.2) is 0 Å². The lowest BCUT2D eigenvalue weighted by molar-refractivity contribution is 0.187. The highest BCUT2D eigenvalue weighted by atomic mass is 127. The summed E-state index contributed by atoms with van der Waals surface area (Å²) in [5.74, 6) is 2.43. The van der Waals surface area contributed by atoms with E-state index in [1.54, 1.807) is 0 Å². The van der Waals surface area contributed by atoms with Gasteiger partial charge < -0.3 is 15.5 Å². The van der Waals surface area contributed by atoms with Gasteiger partial charge >= 0.3 is 0 Å². The highest BCUT2D eigenvalue weighted by Crippen LogP contribution is 2.19. The van der Waals surface area contributed by atoms with Crippen molar-refractivity contribution in [1.82, 2.24) is 15.5 Å². The number of aliphatic imine (C=N–C) groups is 1. The van der Waals surface area contributed by atoms with Crippen LogP contribution in [0.15, 0.2) is 22.5 Å². The number of guanidine groups is 1. The zero-order valence-corrected chi connectivity index (χ0v) is 19.1. The third-order valence-corrected chi connectivity index (χ3v) is 5.87. The minimum Gasteiger partial charge on any atom is -0.356 e. The average Bonchev–Trinajstić information content (AvgIpc) is 3.11. The molecular weight excluding hydrogens is 443 g/mol. The van der Waals surface area contributed by atoms with Crippen molar-refractivity contribution in [3.63, 3.8) is 0 Å². The van der Waals surface area contributed by atoms with Gasteiger partial charge in [-0.3, -0.25) is 4.99 Å². The fourth-order valence-electron chi connectivity index (χ4n) is 3.32. The molecule has 1 saturated heterocycles. The van der Waals surface area contributed by atoms with Crippen molar-refractivity contribution in [3.05, 3.63) is 22.4 Å². The summed E-state index contributed by atoms with van der Waals surface area (Å²) in [5.41, 5.74) is 0. The van der Waals surface area contributed by atoms with E-state index >= 15 is 0 Å². The van der Waals surface area contributed by atoms with Crippen LogP contribution in [0.1, 0.15) is 38.0 Å². The second kappa shape index (κ2) is 12.9. The van der Waals surface area contributed by atoms with Crippen LogP contribution < -0.4 is 10.6 Å². The number of rotatable bonds is 8. The minimum atomic E-state index is 0. The third kappa shape index (κ3) is 8.73. The van der Waals surface area contributed by atoms with Gasteiger partial charge in [0.25, 0.3) is 0 Å². The Bertz CT molecular complexity index is 470. The monoisotopic (exact) mass is 478 g/mol. The topological polar surface area (TPSA) is 39.7 Å². The zero-order chi connectivity index (χ0) is 17.2. The predicted molar refractivity (Wildman–Crippen MR) is 121 cm³/mol. The molecule has 6 heteroatoms. The molecule has 0 bridgehead atoms. The summed E-state index contributed by atoms with van der Waals surface area (Å²) in [6.45, 7) is 10.3. The largest absolute Gasteiger partial charge is 0.356 e. The van der Waals surface area contributed by atoms with Crippen molar-refractivity contribution < 1.29 is 0 Å². The van der Waals surface area contributed by atoms with E-state index in [2.05, 4.69) is 51.9 Å².